The van der Waals surface area contributed by atoms with Crippen molar-refractivity contribution in [1.29, 1.82) is 0 Å². The summed E-state index contributed by atoms with van der Waals surface area (Å²) in [5.41, 5.74) is -0.594. The average molecular weight is 273 g/mol. The molecule has 0 aromatic rings. The molecule has 0 heterocycles. The summed E-state index contributed by atoms with van der Waals surface area (Å²) in [6.45, 7) is 12.1. The molecule has 0 aliphatic carbocycles. The van der Waals surface area contributed by atoms with E-state index < -0.39 is 29.8 Å². The van der Waals surface area contributed by atoms with Crippen molar-refractivity contribution in [2.24, 2.45) is 11.8 Å². The highest BCUT2D eigenvalue weighted by molar-refractivity contribution is 5.78. The molecule has 0 aromatic heterocycles. The number of hydrogen-bond acceptors (Lipinski definition) is 4. The molecular formula is C14H27NO4. The monoisotopic (exact) mass is 273 g/mol. The van der Waals surface area contributed by atoms with Crippen LogP contribution in [-0.2, 0) is 9.53 Å². The summed E-state index contributed by atoms with van der Waals surface area (Å²) in [6, 6.07) is -0.520. The van der Waals surface area contributed by atoms with Crippen LogP contribution in [0.5, 0.6) is 0 Å². The number of ether oxygens (including phenoxy) is 1. The topological polar surface area (TPSA) is 75.6 Å². The summed E-state index contributed by atoms with van der Waals surface area (Å²) in [7, 11) is 0. The van der Waals surface area contributed by atoms with Crippen LogP contribution < -0.4 is 5.32 Å². The Labute approximate surface area is 115 Å². The van der Waals surface area contributed by atoms with E-state index >= 15 is 0 Å². The molecule has 0 fully saturated rings. The lowest BCUT2D eigenvalue weighted by Crippen LogP contribution is -2.51. The van der Waals surface area contributed by atoms with E-state index in [1.807, 2.05) is 13.8 Å². The zero-order chi connectivity index (χ0) is 15.4. The molecule has 0 radical (unpaired) electrons. The van der Waals surface area contributed by atoms with Gasteiger partial charge in [-0.3, -0.25) is 4.79 Å². The van der Waals surface area contributed by atoms with Gasteiger partial charge in [0.25, 0.3) is 0 Å². The normalized spacial score (nSPS) is 16.7. The Balaban J connectivity index is 4.76. The van der Waals surface area contributed by atoms with E-state index in [2.05, 4.69) is 5.32 Å². The van der Waals surface area contributed by atoms with Gasteiger partial charge in [0.15, 0.2) is 0 Å². The lowest BCUT2D eigenvalue weighted by molar-refractivity contribution is -0.124. The van der Waals surface area contributed by atoms with Crippen molar-refractivity contribution in [2.45, 2.75) is 66.2 Å². The maximum atomic E-state index is 11.7. The summed E-state index contributed by atoms with van der Waals surface area (Å²) in [6.07, 6.45) is -1.51. The first kappa shape index (κ1) is 17.9. The highest BCUT2D eigenvalue weighted by atomic mass is 16.6. The number of nitrogens with one attached hydrogen (secondary N) is 1. The van der Waals surface area contributed by atoms with Gasteiger partial charge in [0, 0.05) is 5.92 Å². The van der Waals surface area contributed by atoms with E-state index in [0.717, 1.165) is 0 Å². The lowest BCUT2D eigenvalue weighted by atomic mass is 9.88. The Morgan fingerprint density at radius 1 is 1.16 bits per heavy atom. The van der Waals surface area contributed by atoms with E-state index in [9.17, 15) is 14.7 Å². The lowest BCUT2D eigenvalue weighted by Gasteiger charge is -2.31. The number of aliphatic hydroxyl groups is 1. The largest absolute Gasteiger partial charge is 0.444 e. The van der Waals surface area contributed by atoms with Gasteiger partial charge in [-0.15, -0.1) is 0 Å². The molecule has 112 valence electrons. The highest BCUT2D eigenvalue weighted by Crippen LogP contribution is 2.16. The van der Waals surface area contributed by atoms with Gasteiger partial charge >= 0.3 is 6.09 Å². The van der Waals surface area contributed by atoms with Gasteiger partial charge in [0.05, 0.1) is 12.1 Å². The molecule has 1 amide bonds. The second-order valence-corrected chi connectivity index (χ2v) is 6.31. The number of ketones is 1. The van der Waals surface area contributed by atoms with Gasteiger partial charge in [-0.2, -0.15) is 0 Å². The summed E-state index contributed by atoms with van der Waals surface area (Å²) in [5, 5.41) is 12.8. The average Bonchev–Trinajstić information content (AvgIpc) is 2.20. The van der Waals surface area contributed by atoms with Crippen LogP contribution in [0.3, 0.4) is 0 Å². The van der Waals surface area contributed by atoms with Gasteiger partial charge < -0.3 is 15.2 Å². The van der Waals surface area contributed by atoms with E-state index in [1.165, 1.54) is 6.92 Å². The molecule has 0 unspecified atom stereocenters. The second kappa shape index (κ2) is 6.89. The van der Waals surface area contributed by atoms with Crippen LogP contribution in [0.15, 0.2) is 0 Å². The summed E-state index contributed by atoms with van der Waals surface area (Å²) in [4.78, 5) is 23.1. The maximum absolute atomic E-state index is 11.7. The molecular weight excluding hydrogens is 246 g/mol. The Morgan fingerprint density at radius 3 is 1.95 bits per heavy atom. The van der Waals surface area contributed by atoms with Crippen LogP contribution in [0.2, 0.25) is 0 Å². The van der Waals surface area contributed by atoms with E-state index in [4.69, 9.17) is 4.74 Å². The van der Waals surface area contributed by atoms with Crippen molar-refractivity contribution in [3.8, 4) is 0 Å². The second-order valence-electron chi connectivity index (χ2n) is 6.31. The van der Waals surface area contributed by atoms with E-state index in [1.54, 1.807) is 27.7 Å². The van der Waals surface area contributed by atoms with Crippen molar-refractivity contribution in [1.82, 2.24) is 5.32 Å². The van der Waals surface area contributed by atoms with Gasteiger partial charge in [-0.25, -0.2) is 4.79 Å². The summed E-state index contributed by atoms with van der Waals surface area (Å²) >= 11 is 0. The SMILES string of the molecule is CC(=O)[C@H](C)[C@@H](O)[C@@H](NC(=O)OC(C)(C)C)C(C)C. The number of rotatable bonds is 5. The Bertz CT molecular complexity index is 320. The minimum Gasteiger partial charge on any atom is -0.444 e. The van der Waals surface area contributed by atoms with E-state index in [0.29, 0.717) is 0 Å². The predicted molar refractivity (Wildman–Crippen MR) is 73.8 cm³/mol. The smallest absolute Gasteiger partial charge is 0.407 e. The Hall–Kier alpha value is -1.10. The van der Waals surface area contributed by atoms with Crippen LogP contribution in [0, 0.1) is 11.8 Å². The number of Topliss-reactive ketones (excluding diaryl/α,β-unsaturated/α-hetero) is 1. The standard InChI is InChI=1S/C14H27NO4/c1-8(2)11(12(17)9(3)10(4)16)15-13(18)19-14(5,6)7/h8-9,11-12,17H,1-7H3,(H,15,18)/t9-,11-,12+/m0/s1. The molecule has 5 nitrogen and oxygen atoms in total. The first-order chi connectivity index (χ1) is 8.45. The molecule has 0 spiro atoms. The van der Waals surface area contributed by atoms with Crippen molar-refractivity contribution in [3.63, 3.8) is 0 Å². The molecule has 0 rings (SSSR count). The van der Waals surface area contributed by atoms with Gasteiger partial charge in [-0.1, -0.05) is 20.8 Å². The first-order valence-electron chi connectivity index (χ1n) is 6.63. The third kappa shape index (κ3) is 6.57. The van der Waals surface area contributed by atoms with Crippen molar-refractivity contribution in [3.05, 3.63) is 0 Å². The van der Waals surface area contributed by atoms with E-state index in [-0.39, 0.29) is 11.7 Å². The highest BCUT2D eigenvalue weighted by Gasteiger charge is 2.32. The zero-order valence-corrected chi connectivity index (χ0v) is 13.0. The van der Waals surface area contributed by atoms with Crippen molar-refractivity contribution >= 4 is 11.9 Å². The van der Waals surface area contributed by atoms with Crippen LogP contribution in [-0.4, -0.2) is 34.7 Å². The summed E-state index contributed by atoms with van der Waals surface area (Å²) < 4.78 is 5.16. The molecule has 0 aliphatic rings. The van der Waals surface area contributed by atoms with Crippen LogP contribution in [0.4, 0.5) is 4.79 Å². The number of alkyl carbamates (subject to hydrolysis) is 1. The molecule has 0 aromatic carbocycles. The molecule has 0 bridgehead atoms. The fourth-order valence-electron chi connectivity index (χ4n) is 1.64. The zero-order valence-electron chi connectivity index (χ0n) is 13.0. The molecule has 3 atom stereocenters. The number of carbonyl (C=O) groups excluding carboxylic acids is 2. The fourth-order valence-corrected chi connectivity index (χ4v) is 1.64. The minimum atomic E-state index is -0.926. The van der Waals surface area contributed by atoms with Crippen LogP contribution in [0.1, 0.15) is 48.5 Å². The molecule has 5 heteroatoms. The third-order valence-electron chi connectivity index (χ3n) is 2.92. The fraction of sp³-hybridized carbons (Fsp3) is 0.857. The number of amides is 1. The van der Waals surface area contributed by atoms with Crippen molar-refractivity contribution in [2.75, 3.05) is 0 Å². The summed E-state index contributed by atoms with van der Waals surface area (Å²) in [5.74, 6) is -0.643. The van der Waals surface area contributed by atoms with Crippen LogP contribution >= 0.6 is 0 Å². The first-order valence-corrected chi connectivity index (χ1v) is 6.63. The van der Waals surface area contributed by atoms with Gasteiger partial charge in [-0.05, 0) is 33.6 Å². The molecule has 2 N–H and O–H groups in total. The quantitative estimate of drug-likeness (QED) is 0.804. The number of carbonyl (C=O) groups is 2. The predicted octanol–water partition coefficient (Wildman–Crippen LogP) is 2.12. The molecule has 19 heavy (non-hydrogen) atoms. The number of aliphatic hydroxyl groups excluding tert-OH is 1. The molecule has 0 saturated heterocycles. The van der Waals surface area contributed by atoms with Crippen molar-refractivity contribution < 1.29 is 19.4 Å². The Kier molecular flexibility index (Phi) is 6.49. The van der Waals surface area contributed by atoms with Crippen LogP contribution in [0.25, 0.3) is 0 Å². The number of hydrogen-bond donors (Lipinski definition) is 2. The minimum absolute atomic E-state index is 0.00989. The Morgan fingerprint density at radius 2 is 1.63 bits per heavy atom. The third-order valence-corrected chi connectivity index (χ3v) is 2.92. The maximum Gasteiger partial charge on any atom is 0.407 e. The van der Waals surface area contributed by atoms with Gasteiger partial charge in [0.1, 0.15) is 11.4 Å². The van der Waals surface area contributed by atoms with Gasteiger partial charge in [0.2, 0.25) is 0 Å². The molecule has 0 aliphatic heterocycles. The molecule has 0 saturated carbocycles.